The maximum atomic E-state index is 12.7. The van der Waals surface area contributed by atoms with Crippen LogP contribution in [0.2, 0.25) is 0 Å². The molecular weight excluding hydrogens is 472 g/mol. The highest BCUT2D eigenvalue weighted by molar-refractivity contribution is 5.81. The lowest BCUT2D eigenvalue weighted by atomic mass is 9.78. The molecule has 0 aromatic heterocycles. The second-order valence-electron chi connectivity index (χ2n) is 13.8. The Balaban J connectivity index is 3.09. The van der Waals surface area contributed by atoms with E-state index in [0.29, 0.717) is 72.5 Å². The molecule has 1 fully saturated rings. The van der Waals surface area contributed by atoms with Crippen LogP contribution in [-0.4, -0.2) is 23.1 Å². The van der Waals surface area contributed by atoms with E-state index in [1.165, 1.54) is 0 Å². The molecule has 220 valence electrons. The third kappa shape index (κ3) is 14.2. The highest BCUT2D eigenvalue weighted by atomic mass is 16.1. The molecule has 4 nitrogen and oxygen atoms in total. The van der Waals surface area contributed by atoms with Crippen LogP contribution in [-0.2, 0) is 19.2 Å². The van der Waals surface area contributed by atoms with E-state index < -0.39 is 0 Å². The van der Waals surface area contributed by atoms with Crippen LogP contribution in [0.4, 0.5) is 0 Å². The summed E-state index contributed by atoms with van der Waals surface area (Å²) in [6.07, 6.45) is 12.7. The minimum atomic E-state index is 0.0586. The van der Waals surface area contributed by atoms with Crippen molar-refractivity contribution in [1.29, 1.82) is 0 Å². The van der Waals surface area contributed by atoms with Crippen LogP contribution in [0.15, 0.2) is 0 Å². The van der Waals surface area contributed by atoms with E-state index in [4.69, 9.17) is 0 Å². The first-order chi connectivity index (χ1) is 17.8. The third-order valence-corrected chi connectivity index (χ3v) is 8.95. The summed E-state index contributed by atoms with van der Waals surface area (Å²) in [7, 11) is 0. The van der Waals surface area contributed by atoms with Gasteiger partial charge in [0.05, 0.1) is 0 Å². The number of rotatable bonds is 12. The van der Waals surface area contributed by atoms with Crippen LogP contribution >= 0.6 is 0 Å². The minimum absolute atomic E-state index is 0.0586. The van der Waals surface area contributed by atoms with Crippen molar-refractivity contribution in [3.8, 4) is 0 Å². The molecule has 4 unspecified atom stereocenters. The fourth-order valence-electron chi connectivity index (χ4n) is 5.81. The molecule has 0 heterocycles. The standard InChI is InChI=1S/C34H60O4/c1-23(2)31(35)19-27-11-9-12-29(21-33(37)25(5)6)17-18-30(22-34(38)26(7)8)14-10-13-28(16-15-27)20-32(36)24(3)4/h23-30H,9-22H2,1-8H3. The topological polar surface area (TPSA) is 68.3 Å². The lowest BCUT2D eigenvalue weighted by Gasteiger charge is -2.26. The molecule has 0 radical (unpaired) electrons. The highest BCUT2D eigenvalue weighted by Crippen LogP contribution is 2.33. The van der Waals surface area contributed by atoms with Crippen LogP contribution in [0.3, 0.4) is 0 Å². The average molecular weight is 533 g/mol. The normalized spacial score (nSPS) is 24.5. The van der Waals surface area contributed by atoms with Gasteiger partial charge in [0.2, 0.25) is 0 Å². The quantitative estimate of drug-likeness (QED) is 0.252. The Bertz CT molecular complexity index is 611. The van der Waals surface area contributed by atoms with E-state index >= 15 is 0 Å². The summed E-state index contributed by atoms with van der Waals surface area (Å²) in [5, 5.41) is 0. The van der Waals surface area contributed by atoms with Crippen molar-refractivity contribution < 1.29 is 19.2 Å². The summed E-state index contributed by atoms with van der Waals surface area (Å²) >= 11 is 0. The van der Waals surface area contributed by atoms with Crippen LogP contribution < -0.4 is 0 Å². The van der Waals surface area contributed by atoms with Crippen LogP contribution in [0, 0.1) is 47.3 Å². The summed E-state index contributed by atoms with van der Waals surface area (Å²) < 4.78 is 0. The number of hydrogen-bond donors (Lipinski definition) is 0. The molecule has 4 heteroatoms. The Kier molecular flexibility index (Phi) is 16.5. The van der Waals surface area contributed by atoms with Crippen molar-refractivity contribution in [3.63, 3.8) is 0 Å². The van der Waals surface area contributed by atoms with Crippen molar-refractivity contribution in [1.82, 2.24) is 0 Å². The lowest BCUT2D eigenvalue weighted by Crippen LogP contribution is -2.20. The smallest absolute Gasteiger partial charge is 0.135 e. The largest absolute Gasteiger partial charge is 0.299 e. The van der Waals surface area contributed by atoms with Crippen LogP contribution in [0.25, 0.3) is 0 Å². The predicted molar refractivity (Wildman–Crippen MR) is 158 cm³/mol. The second-order valence-corrected chi connectivity index (χ2v) is 13.8. The van der Waals surface area contributed by atoms with E-state index in [1.54, 1.807) is 0 Å². The van der Waals surface area contributed by atoms with Crippen molar-refractivity contribution in [2.75, 3.05) is 0 Å². The van der Waals surface area contributed by atoms with Gasteiger partial charge in [0, 0.05) is 49.4 Å². The van der Waals surface area contributed by atoms with Gasteiger partial charge in [0.1, 0.15) is 23.1 Å². The Morgan fingerprint density at radius 3 is 0.737 bits per heavy atom. The Morgan fingerprint density at radius 1 is 0.395 bits per heavy atom. The molecule has 1 aliphatic carbocycles. The summed E-state index contributed by atoms with van der Waals surface area (Å²) in [4.78, 5) is 50.7. The van der Waals surface area contributed by atoms with E-state index in [1.807, 2.05) is 55.4 Å². The number of carbonyl (C=O) groups is 4. The average Bonchev–Trinajstić information content (AvgIpc) is 2.83. The lowest BCUT2D eigenvalue weighted by molar-refractivity contribution is -0.124. The Labute approximate surface area is 234 Å². The molecule has 0 aromatic rings. The van der Waals surface area contributed by atoms with Crippen molar-refractivity contribution in [2.24, 2.45) is 47.3 Å². The van der Waals surface area contributed by atoms with Crippen molar-refractivity contribution in [2.45, 2.75) is 145 Å². The maximum Gasteiger partial charge on any atom is 0.135 e. The van der Waals surface area contributed by atoms with E-state index in [9.17, 15) is 19.2 Å². The molecule has 1 rings (SSSR count). The molecular formula is C34H60O4. The molecule has 4 atom stereocenters. The zero-order chi connectivity index (χ0) is 28.8. The third-order valence-electron chi connectivity index (χ3n) is 8.95. The fraction of sp³-hybridized carbons (Fsp3) is 0.882. The van der Waals surface area contributed by atoms with Crippen LogP contribution in [0.5, 0.6) is 0 Å². The maximum absolute atomic E-state index is 12.7. The molecule has 1 saturated carbocycles. The molecule has 0 aromatic carbocycles. The number of ketones is 4. The van der Waals surface area contributed by atoms with Gasteiger partial charge in [-0.15, -0.1) is 0 Å². The zero-order valence-electron chi connectivity index (χ0n) is 26.2. The molecule has 38 heavy (non-hydrogen) atoms. The van der Waals surface area contributed by atoms with E-state index in [-0.39, 0.29) is 23.7 Å². The SMILES string of the molecule is CC(C)C(=O)CC1CCCC(CC(=O)C(C)C)CCC(CC(=O)C(C)C)CCCC(CC(=O)C(C)C)CC1. The van der Waals surface area contributed by atoms with E-state index in [0.717, 1.165) is 64.2 Å². The first kappa shape index (κ1) is 34.7. The van der Waals surface area contributed by atoms with Gasteiger partial charge in [0.25, 0.3) is 0 Å². The molecule has 1 aliphatic rings. The molecule has 0 N–H and O–H groups in total. The van der Waals surface area contributed by atoms with Crippen LogP contribution in [0.1, 0.15) is 145 Å². The first-order valence-electron chi connectivity index (χ1n) is 15.9. The second kappa shape index (κ2) is 18.1. The predicted octanol–water partition coefficient (Wildman–Crippen LogP) is 8.83. The summed E-state index contributed by atoms with van der Waals surface area (Å²) in [5.74, 6) is 3.06. The molecule has 0 aliphatic heterocycles. The number of Topliss-reactive ketones (excluding diaryl/α,β-unsaturated/α-hetero) is 4. The van der Waals surface area contributed by atoms with Gasteiger partial charge in [-0.1, -0.05) is 93.9 Å². The van der Waals surface area contributed by atoms with E-state index in [2.05, 4.69) is 0 Å². The fourth-order valence-corrected chi connectivity index (χ4v) is 5.81. The molecule has 0 saturated heterocycles. The summed E-state index contributed by atoms with van der Waals surface area (Å²) in [5.41, 5.74) is 0. The van der Waals surface area contributed by atoms with Gasteiger partial charge < -0.3 is 0 Å². The van der Waals surface area contributed by atoms with Gasteiger partial charge in [0.15, 0.2) is 0 Å². The summed E-state index contributed by atoms with van der Waals surface area (Å²) in [6.45, 7) is 15.9. The summed E-state index contributed by atoms with van der Waals surface area (Å²) in [6, 6.07) is 0. The Morgan fingerprint density at radius 2 is 0.579 bits per heavy atom. The molecule has 0 spiro atoms. The van der Waals surface area contributed by atoms with Gasteiger partial charge in [-0.3, -0.25) is 19.2 Å². The number of hydrogen-bond acceptors (Lipinski definition) is 4. The molecule has 0 bridgehead atoms. The van der Waals surface area contributed by atoms with Crippen molar-refractivity contribution in [3.05, 3.63) is 0 Å². The van der Waals surface area contributed by atoms with Gasteiger partial charge in [-0.05, 0) is 49.4 Å². The van der Waals surface area contributed by atoms with Gasteiger partial charge >= 0.3 is 0 Å². The monoisotopic (exact) mass is 532 g/mol. The van der Waals surface area contributed by atoms with Crippen molar-refractivity contribution >= 4 is 23.1 Å². The molecule has 0 amide bonds. The first-order valence-corrected chi connectivity index (χ1v) is 15.9. The van der Waals surface area contributed by atoms with Gasteiger partial charge in [-0.2, -0.15) is 0 Å². The van der Waals surface area contributed by atoms with Gasteiger partial charge in [-0.25, -0.2) is 0 Å². The zero-order valence-corrected chi connectivity index (χ0v) is 26.2. The minimum Gasteiger partial charge on any atom is -0.299 e. The highest BCUT2D eigenvalue weighted by Gasteiger charge is 2.25. The Hall–Kier alpha value is -1.32. The number of carbonyl (C=O) groups excluding carboxylic acids is 4.